The lowest BCUT2D eigenvalue weighted by atomic mass is 10.4. The molecule has 0 amide bonds. The lowest BCUT2D eigenvalue weighted by Crippen LogP contribution is -2.21. The maximum absolute atomic E-state index is 5.41. The van der Waals surface area contributed by atoms with Gasteiger partial charge < -0.3 is 19.9 Å². The van der Waals surface area contributed by atoms with Crippen LogP contribution in [0.25, 0.3) is 0 Å². The lowest BCUT2D eigenvalue weighted by molar-refractivity contribution is -0.121. The Hall–Kier alpha value is -0.740. The van der Waals surface area contributed by atoms with Crippen LogP contribution in [0.1, 0.15) is 20.3 Å². The van der Waals surface area contributed by atoms with Gasteiger partial charge in [0.05, 0.1) is 0 Å². The molecule has 1 heterocycles. The van der Waals surface area contributed by atoms with Crippen LogP contribution in [-0.4, -0.2) is 25.5 Å². The Bertz CT molecular complexity index is 189. The number of hydrogen-bond acceptors (Lipinski definition) is 4. The van der Waals surface area contributed by atoms with Gasteiger partial charge in [-0.05, 0) is 13.0 Å². The van der Waals surface area contributed by atoms with Crippen molar-refractivity contribution in [1.82, 2.24) is 0 Å². The molecule has 1 aliphatic rings. The zero-order valence-corrected chi connectivity index (χ0v) is 8.21. The number of rotatable bonds is 5. The standard InChI is InChI=1S/C9H17NO3/c1-9(2)12-7-8(13-9)6-11-5-3-4-10/h7H,3-6,10H2,1-2H3. The van der Waals surface area contributed by atoms with Crippen LogP contribution in [0.2, 0.25) is 0 Å². The molecule has 0 saturated carbocycles. The van der Waals surface area contributed by atoms with E-state index in [1.165, 1.54) is 0 Å². The number of ether oxygens (including phenoxy) is 3. The van der Waals surface area contributed by atoms with Gasteiger partial charge >= 0.3 is 0 Å². The molecule has 0 aliphatic carbocycles. The maximum Gasteiger partial charge on any atom is 0.244 e. The fourth-order valence-corrected chi connectivity index (χ4v) is 0.993. The van der Waals surface area contributed by atoms with Gasteiger partial charge in [0.15, 0.2) is 5.76 Å². The van der Waals surface area contributed by atoms with Crippen molar-refractivity contribution in [3.63, 3.8) is 0 Å². The molecule has 0 bridgehead atoms. The zero-order valence-electron chi connectivity index (χ0n) is 8.21. The van der Waals surface area contributed by atoms with E-state index in [1.54, 1.807) is 6.26 Å². The Balaban J connectivity index is 2.10. The van der Waals surface area contributed by atoms with E-state index >= 15 is 0 Å². The Labute approximate surface area is 78.6 Å². The van der Waals surface area contributed by atoms with Crippen molar-refractivity contribution >= 4 is 0 Å². The van der Waals surface area contributed by atoms with Crippen LogP contribution in [0.3, 0.4) is 0 Å². The molecule has 0 unspecified atom stereocenters. The van der Waals surface area contributed by atoms with Gasteiger partial charge in [0.25, 0.3) is 0 Å². The Morgan fingerprint density at radius 1 is 1.54 bits per heavy atom. The summed E-state index contributed by atoms with van der Waals surface area (Å²) in [6.45, 7) is 5.50. The largest absolute Gasteiger partial charge is 0.457 e. The van der Waals surface area contributed by atoms with Crippen molar-refractivity contribution in [2.24, 2.45) is 5.73 Å². The minimum Gasteiger partial charge on any atom is -0.457 e. The number of nitrogens with two attached hydrogens (primary N) is 1. The van der Waals surface area contributed by atoms with Crippen LogP contribution in [0.5, 0.6) is 0 Å². The molecular formula is C9H17NO3. The van der Waals surface area contributed by atoms with E-state index in [4.69, 9.17) is 19.9 Å². The van der Waals surface area contributed by atoms with Gasteiger partial charge in [-0.1, -0.05) is 0 Å². The molecule has 76 valence electrons. The van der Waals surface area contributed by atoms with Crippen LogP contribution >= 0.6 is 0 Å². The number of hydrogen-bond donors (Lipinski definition) is 1. The fourth-order valence-electron chi connectivity index (χ4n) is 0.993. The topological polar surface area (TPSA) is 53.7 Å². The van der Waals surface area contributed by atoms with Crippen molar-refractivity contribution in [1.29, 1.82) is 0 Å². The molecule has 0 aromatic heterocycles. The molecule has 0 atom stereocenters. The van der Waals surface area contributed by atoms with Gasteiger partial charge in [0.2, 0.25) is 5.79 Å². The normalized spacial score (nSPS) is 19.2. The SMILES string of the molecule is CC1(C)OC=C(COCCCN)O1. The molecule has 1 aliphatic heterocycles. The minimum absolute atomic E-state index is 0.462. The van der Waals surface area contributed by atoms with Crippen molar-refractivity contribution < 1.29 is 14.2 Å². The van der Waals surface area contributed by atoms with E-state index in [9.17, 15) is 0 Å². The maximum atomic E-state index is 5.41. The molecule has 4 nitrogen and oxygen atoms in total. The van der Waals surface area contributed by atoms with Gasteiger partial charge in [0, 0.05) is 20.5 Å². The summed E-state index contributed by atoms with van der Waals surface area (Å²) in [7, 11) is 0. The highest BCUT2D eigenvalue weighted by Gasteiger charge is 2.27. The van der Waals surface area contributed by atoms with E-state index < -0.39 is 5.79 Å². The van der Waals surface area contributed by atoms with Crippen LogP contribution in [-0.2, 0) is 14.2 Å². The third-order valence-corrected chi connectivity index (χ3v) is 1.59. The quantitative estimate of drug-likeness (QED) is 0.652. The zero-order chi connectivity index (χ0) is 9.73. The van der Waals surface area contributed by atoms with E-state index in [2.05, 4.69) is 0 Å². The summed E-state index contributed by atoms with van der Waals surface area (Å²) in [5.41, 5.74) is 5.32. The fraction of sp³-hybridized carbons (Fsp3) is 0.778. The van der Waals surface area contributed by atoms with Gasteiger partial charge in [-0.3, -0.25) is 0 Å². The molecule has 0 fully saturated rings. The second-order valence-electron chi connectivity index (χ2n) is 3.40. The van der Waals surface area contributed by atoms with Crippen molar-refractivity contribution in [2.45, 2.75) is 26.1 Å². The molecule has 0 saturated heterocycles. The van der Waals surface area contributed by atoms with Crippen LogP contribution < -0.4 is 5.73 Å². The van der Waals surface area contributed by atoms with Crippen LogP contribution in [0.4, 0.5) is 0 Å². The summed E-state index contributed by atoms with van der Waals surface area (Å²) in [6, 6.07) is 0. The predicted molar refractivity (Wildman–Crippen MR) is 48.8 cm³/mol. The average Bonchev–Trinajstić information content (AvgIpc) is 2.40. The van der Waals surface area contributed by atoms with Gasteiger partial charge in [-0.25, -0.2) is 0 Å². The van der Waals surface area contributed by atoms with Crippen molar-refractivity contribution in [2.75, 3.05) is 19.8 Å². The molecule has 0 spiro atoms. The van der Waals surface area contributed by atoms with Crippen molar-refractivity contribution in [3.8, 4) is 0 Å². The molecule has 13 heavy (non-hydrogen) atoms. The summed E-state index contributed by atoms with van der Waals surface area (Å²) in [5.74, 6) is 0.203. The van der Waals surface area contributed by atoms with Crippen molar-refractivity contribution in [3.05, 3.63) is 12.0 Å². The first kappa shape index (κ1) is 10.3. The van der Waals surface area contributed by atoms with Gasteiger partial charge in [-0.15, -0.1) is 0 Å². The third-order valence-electron chi connectivity index (χ3n) is 1.59. The Kier molecular flexibility index (Phi) is 3.57. The highest BCUT2D eigenvalue weighted by molar-refractivity contribution is 4.95. The second-order valence-corrected chi connectivity index (χ2v) is 3.40. The van der Waals surface area contributed by atoms with E-state index in [-0.39, 0.29) is 0 Å². The molecule has 2 N–H and O–H groups in total. The summed E-state index contributed by atoms with van der Waals surface area (Å²) < 4.78 is 15.9. The Morgan fingerprint density at radius 2 is 2.31 bits per heavy atom. The summed E-state index contributed by atoms with van der Waals surface area (Å²) in [6.07, 6.45) is 2.47. The van der Waals surface area contributed by atoms with E-state index in [0.29, 0.717) is 19.8 Å². The third kappa shape index (κ3) is 3.65. The van der Waals surface area contributed by atoms with Gasteiger partial charge in [0.1, 0.15) is 12.9 Å². The van der Waals surface area contributed by atoms with Crippen LogP contribution in [0.15, 0.2) is 12.0 Å². The summed E-state index contributed by atoms with van der Waals surface area (Å²) in [5, 5.41) is 0. The predicted octanol–water partition coefficient (Wildman–Crippen LogP) is 0.976. The highest BCUT2D eigenvalue weighted by atomic mass is 16.7. The first-order valence-electron chi connectivity index (χ1n) is 4.48. The van der Waals surface area contributed by atoms with Crippen LogP contribution in [0, 0.1) is 0 Å². The smallest absolute Gasteiger partial charge is 0.244 e. The Morgan fingerprint density at radius 3 is 2.85 bits per heavy atom. The molecule has 0 radical (unpaired) electrons. The lowest BCUT2D eigenvalue weighted by Gasteiger charge is -2.18. The minimum atomic E-state index is -0.535. The first-order chi connectivity index (χ1) is 6.14. The molecule has 0 aromatic rings. The van der Waals surface area contributed by atoms with Gasteiger partial charge in [-0.2, -0.15) is 0 Å². The summed E-state index contributed by atoms with van der Waals surface area (Å²) >= 11 is 0. The molecule has 1 rings (SSSR count). The molecule has 0 aromatic carbocycles. The average molecular weight is 187 g/mol. The van der Waals surface area contributed by atoms with E-state index in [0.717, 1.165) is 12.2 Å². The monoisotopic (exact) mass is 187 g/mol. The molecular weight excluding hydrogens is 170 g/mol. The molecule has 4 heteroatoms. The highest BCUT2D eigenvalue weighted by Crippen LogP contribution is 2.23. The first-order valence-corrected chi connectivity index (χ1v) is 4.48. The summed E-state index contributed by atoms with van der Waals surface area (Å²) in [4.78, 5) is 0. The second kappa shape index (κ2) is 4.48. The van der Waals surface area contributed by atoms with E-state index in [1.807, 2.05) is 13.8 Å².